The number of carbonyl (C=O) groups is 2. The highest BCUT2D eigenvalue weighted by molar-refractivity contribution is 5.83. The van der Waals surface area contributed by atoms with Crippen LogP contribution in [0.4, 0.5) is 4.79 Å². The highest BCUT2D eigenvalue weighted by atomic mass is 16.4. The summed E-state index contributed by atoms with van der Waals surface area (Å²) in [6.45, 7) is 2.80. The van der Waals surface area contributed by atoms with Crippen LogP contribution in [0.25, 0.3) is 0 Å². The monoisotopic (exact) mass is 280 g/mol. The van der Waals surface area contributed by atoms with Gasteiger partial charge in [-0.3, -0.25) is 0 Å². The van der Waals surface area contributed by atoms with E-state index in [2.05, 4.69) is 10.3 Å². The van der Waals surface area contributed by atoms with Crippen molar-refractivity contribution in [2.24, 2.45) is 13.0 Å². The topological polar surface area (TPSA) is 87.5 Å². The van der Waals surface area contributed by atoms with E-state index in [4.69, 9.17) is 0 Å². The number of carbonyl (C=O) groups excluding carboxylic acids is 1. The standard InChI is InChI=1S/C13H20N4O3/c1-9-4-7-17(11(9)12(18)19)13(20)15-5-3-10-14-6-8-16(10)2/h6,8-9,11H,3-5,7H2,1-2H3,(H,15,20)(H,18,19). The maximum Gasteiger partial charge on any atom is 0.326 e. The first-order valence-corrected chi connectivity index (χ1v) is 6.74. The summed E-state index contributed by atoms with van der Waals surface area (Å²) in [6.07, 6.45) is 4.90. The van der Waals surface area contributed by atoms with E-state index >= 15 is 0 Å². The number of aliphatic carboxylic acids is 1. The summed E-state index contributed by atoms with van der Waals surface area (Å²) >= 11 is 0. The minimum Gasteiger partial charge on any atom is -0.480 e. The van der Waals surface area contributed by atoms with E-state index in [1.165, 1.54) is 4.90 Å². The van der Waals surface area contributed by atoms with Crippen LogP contribution in [0.15, 0.2) is 12.4 Å². The number of rotatable bonds is 4. The van der Waals surface area contributed by atoms with Crippen LogP contribution in [0, 0.1) is 5.92 Å². The van der Waals surface area contributed by atoms with Crippen LogP contribution in [0.5, 0.6) is 0 Å². The fourth-order valence-corrected chi connectivity index (χ4v) is 2.57. The number of likely N-dealkylation sites (tertiary alicyclic amines) is 1. The van der Waals surface area contributed by atoms with Crippen molar-refractivity contribution in [3.05, 3.63) is 18.2 Å². The van der Waals surface area contributed by atoms with Gasteiger partial charge in [-0.05, 0) is 12.3 Å². The molecule has 2 amide bonds. The van der Waals surface area contributed by atoms with Gasteiger partial charge in [-0.1, -0.05) is 6.92 Å². The first-order chi connectivity index (χ1) is 9.50. The van der Waals surface area contributed by atoms with Crippen LogP contribution in [-0.4, -0.2) is 50.7 Å². The molecular weight excluding hydrogens is 260 g/mol. The average Bonchev–Trinajstić information content (AvgIpc) is 2.96. The quantitative estimate of drug-likeness (QED) is 0.839. The summed E-state index contributed by atoms with van der Waals surface area (Å²) in [5, 5.41) is 11.9. The fraction of sp³-hybridized carbons (Fsp3) is 0.615. The van der Waals surface area contributed by atoms with E-state index in [1.54, 1.807) is 6.20 Å². The highest BCUT2D eigenvalue weighted by Crippen LogP contribution is 2.23. The molecule has 0 saturated carbocycles. The molecule has 1 aromatic rings. The summed E-state index contributed by atoms with van der Waals surface area (Å²) in [5.74, 6) is -0.0584. The SMILES string of the molecule is CC1CCN(C(=O)NCCc2nccn2C)C1C(=O)O. The van der Waals surface area contributed by atoms with Crippen molar-refractivity contribution in [2.75, 3.05) is 13.1 Å². The van der Waals surface area contributed by atoms with Gasteiger partial charge in [-0.25, -0.2) is 14.6 Å². The molecule has 2 unspecified atom stereocenters. The fourth-order valence-electron chi connectivity index (χ4n) is 2.57. The summed E-state index contributed by atoms with van der Waals surface area (Å²) in [6, 6.07) is -1.03. The van der Waals surface area contributed by atoms with Crippen molar-refractivity contribution in [3.63, 3.8) is 0 Å². The molecule has 1 aliphatic rings. The number of aromatic nitrogens is 2. The molecule has 1 fully saturated rings. The minimum absolute atomic E-state index is 0.00668. The molecule has 2 rings (SSSR count). The Morgan fingerprint density at radius 2 is 2.30 bits per heavy atom. The van der Waals surface area contributed by atoms with Gasteiger partial charge in [-0.2, -0.15) is 0 Å². The second kappa shape index (κ2) is 5.94. The zero-order valence-corrected chi connectivity index (χ0v) is 11.7. The normalized spacial score (nSPS) is 22.0. The molecule has 0 spiro atoms. The number of aryl methyl sites for hydroxylation is 1. The zero-order valence-electron chi connectivity index (χ0n) is 11.7. The number of amides is 2. The molecule has 0 aliphatic carbocycles. The third kappa shape index (κ3) is 2.92. The Hall–Kier alpha value is -2.05. The molecule has 1 aromatic heterocycles. The number of hydrogen-bond acceptors (Lipinski definition) is 3. The molecular formula is C13H20N4O3. The van der Waals surface area contributed by atoms with Crippen molar-refractivity contribution in [3.8, 4) is 0 Å². The van der Waals surface area contributed by atoms with E-state index in [1.807, 2.05) is 24.7 Å². The lowest BCUT2D eigenvalue weighted by molar-refractivity contribution is -0.142. The molecule has 1 aliphatic heterocycles. The molecule has 20 heavy (non-hydrogen) atoms. The van der Waals surface area contributed by atoms with Gasteiger partial charge in [0.1, 0.15) is 11.9 Å². The molecule has 110 valence electrons. The molecule has 7 heteroatoms. The van der Waals surface area contributed by atoms with Crippen molar-refractivity contribution >= 4 is 12.0 Å². The maximum atomic E-state index is 12.0. The van der Waals surface area contributed by atoms with Crippen LogP contribution >= 0.6 is 0 Å². The number of hydrogen-bond donors (Lipinski definition) is 2. The van der Waals surface area contributed by atoms with Gasteiger partial charge in [-0.15, -0.1) is 0 Å². The Morgan fingerprint density at radius 3 is 2.90 bits per heavy atom. The van der Waals surface area contributed by atoms with E-state index in [-0.39, 0.29) is 11.9 Å². The lowest BCUT2D eigenvalue weighted by atomic mass is 10.0. The van der Waals surface area contributed by atoms with Gasteiger partial charge in [0.05, 0.1) is 0 Å². The molecule has 0 aromatic carbocycles. The number of carboxylic acids is 1. The Bertz CT molecular complexity index is 500. The van der Waals surface area contributed by atoms with Gasteiger partial charge in [0.15, 0.2) is 0 Å². The summed E-state index contributed by atoms with van der Waals surface area (Å²) < 4.78 is 1.89. The van der Waals surface area contributed by atoms with E-state index in [0.29, 0.717) is 19.5 Å². The molecule has 2 N–H and O–H groups in total. The molecule has 1 saturated heterocycles. The minimum atomic E-state index is -0.936. The molecule has 7 nitrogen and oxygen atoms in total. The molecule has 0 radical (unpaired) electrons. The van der Waals surface area contributed by atoms with Crippen LogP contribution in [0.2, 0.25) is 0 Å². The Balaban J connectivity index is 1.86. The predicted molar refractivity (Wildman–Crippen MR) is 72.2 cm³/mol. The Morgan fingerprint density at radius 1 is 1.55 bits per heavy atom. The lowest BCUT2D eigenvalue weighted by Crippen LogP contribution is -2.48. The van der Waals surface area contributed by atoms with Crippen molar-refractivity contribution in [2.45, 2.75) is 25.8 Å². The van der Waals surface area contributed by atoms with Crippen LogP contribution in [0.3, 0.4) is 0 Å². The zero-order chi connectivity index (χ0) is 14.7. The van der Waals surface area contributed by atoms with E-state index in [0.717, 1.165) is 12.2 Å². The second-order valence-electron chi connectivity index (χ2n) is 5.18. The first-order valence-electron chi connectivity index (χ1n) is 6.74. The highest BCUT2D eigenvalue weighted by Gasteiger charge is 2.39. The average molecular weight is 280 g/mol. The summed E-state index contributed by atoms with van der Waals surface area (Å²) in [4.78, 5) is 28.8. The number of urea groups is 1. The van der Waals surface area contributed by atoms with E-state index in [9.17, 15) is 14.7 Å². The maximum absolute atomic E-state index is 12.0. The van der Waals surface area contributed by atoms with Crippen LogP contribution < -0.4 is 5.32 Å². The Labute approximate surface area is 117 Å². The summed E-state index contributed by atoms with van der Waals surface area (Å²) in [7, 11) is 1.90. The predicted octanol–water partition coefficient (Wildman–Crippen LogP) is 0.467. The lowest BCUT2D eigenvalue weighted by Gasteiger charge is -2.23. The summed E-state index contributed by atoms with van der Waals surface area (Å²) in [5.41, 5.74) is 0. The van der Waals surface area contributed by atoms with Crippen molar-refractivity contribution < 1.29 is 14.7 Å². The molecule has 2 atom stereocenters. The van der Waals surface area contributed by atoms with Gasteiger partial charge in [0, 0.05) is 39.0 Å². The first kappa shape index (κ1) is 14.4. The smallest absolute Gasteiger partial charge is 0.326 e. The van der Waals surface area contributed by atoms with Gasteiger partial charge < -0.3 is 19.9 Å². The number of carboxylic acid groups (broad SMARTS) is 1. The number of nitrogens with zero attached hydrogens (tertiary/aromatic N) is 3. The largest absolute Gasteiger partial charge is 0.480 e. The van der Waals surface area contributed by atoms with E-state index < -0.39 is 12.0 Å². The van der Waals surface area contributed by atoms with Gasteiger partial charge in [0.2, 0.25) is 0 Å². The van der Waals surface area contributed by atoms with Crippen LogP contribution in [0.1, 0.15) is 19.2 Å². The third-order valence-electron chi connectivity index (χ3n) is 3.76. The number of nitrogens with one attached hydrogen (secondary N) is 1. The Kier molecular flexibility index (Phi) is 4.26. The van der Waals surface area contributed by atoms with Crippen LogP contribution in [-0.2, 0) is 18.3 Å². The number of imidazole rings is 1. The third-order valence-corrected chi connectivity index (χ3v) is 3.76. The van der Waals surface area contributed by atoms with Gasteiger partial charge >= 0.3 is 12.0 Å². The van der Waals surface area contributed by atoms with Crippen molar-refractivity contribution in [1.29, 1.82) is 0 Å². The molecule has 0 bridgehead atoms. The second-order valence-corrected chi connectivity index (χ2v) is 5.18. The van der Waals surface area contributed by atoms with Crippen molar-refractivity contribution in [1.82, 2.24) is 19.8 Å². The molecule has 2 heterocycles. The van der Waals surface area contributed by atoms with Gasteiger partial charge in [0.25, 0.3) is 0 Å².